The number of aromatic nitrogens is 4. The van der Waals surface area contributed by atoms with E-state index in [0.717, 1.165) is 45.8 Å². The summed E-state index contributed by atoms with van der Waals surface area (Å²) in [7, 11) is -2.04. The Morgan fingerprint density at radius 3 is 1.51 bits per heavy atom. The van der Waals surface area contributed by atoms with Crippen molar-refractivity contribution < 1.29 is 73.3 Å². The summed E-state index contributed by atoms with van der Waals surface area (Å²) >= 11 is 21.6. The molecule has 0 bridgehead atoms. The van der Waals surface area contributed by atoms with Crippen LogP contribution in [-0.2, 0) is 34.6 Å². The van der Waals surface area contributed by atoms with Gasteiger partial charge in [-0.2, -0.15) is 0 Å². The highest BCUT2D eigenvalue weighted by molar-refractivity contribution is 7.89. The number of carbonyl (C=O) groups is 4. The number of aliphatic hydroxyl groups excluding tert-OH is 1. The van der Waals surface area contributed by atoms with Crippen molar-refractivity contribution in [3.05, 3.63) is 167 Å². The largest absolute Gasteiger partial charge is 0.483 e. The molecule has 4 aromatic heterocycles. The zero-order chi connectivity index (χ0) is 60.6. The van der Waals surface area contributed by atoms with E-state index in [0.29, 0.717) is 83.7 Å². The summed E-state index contributed by atoms with van der Waals surface area (Å²) in [5.74, 6) is -12.5. The topological polar surface area (TPSA) is 241 Å². The van der Waals surface area contributed by atoms with E-state index in [1.165, 1.54) is 44.9 Å². The number of pyridine rings is 1. The van der Waals surface area contributed by atoms with Crippen LogP contribution in [0.3, 0.4) is 0 Å². The maximum Gasteiger partial charge on any atom is 0.270 e. The van der Waals surface area contributed by atoms with Crippen LogP contribution in [-0.4, -0.2) is 95.1 Å². The van der Waals surface area contributed by atoms with Gasteiger partial charge in [0.1, 0.15) is 86.1 Å². The first kappa shape index (κ1) is 65.3. The first-order valence-electron chi connectivity index (χ1n) is 24.2. The van der Waals surface area contributed by atoms with Gasteiger partial charge in [-0.05, 0) is 112 Å². The molecule has 4 amide bonds. The number of aliphatic hydroxyl groups is 1. The number of fused-ring (bicyclic) bond motifs is 3. The molecule has 4 N–H and O–H groups in total. The summed E-state index contributed by atoms with van der Waals surface area (Å²) in [6, 6.07) is 17.9. The van der Waals surface area contributed by atoms with Gasteiger partial charge in [0.15, 0.2) is 34.7 Å². The van der Waals surface area contributed by atoms with Crippen LogP contribution < -0.4 is 29.6 Å². The lowest BCUT2D eigenvalue weighted by molar-refractivity contribution is -0.125. The molecule has 10 rings (SSSR count). The third-order valence-corrected chi connectivity index (χ3v) is 16.0. The molecule has 31 heteroatoms. The number of ether oxygens (including phenoxy) is 3. The first-order valence-corrected chi connectivity index (χ1v) is 29.7. The van der Waals surface area contributed by atoms with Gasteiger partial charge in [0.25, 0.3) is 17.7 Å². The van der Waals surface area contributed by atoms with Crippen molar-refractivity contribution in [2.75, 3.05) is 33.1 Å². The van der Waals surface area contributed by atoms with Crippen LogP contribution in [0.25, 0.3) is 30.8 Å². The molecule has 1 saturated heterocycles. The summed E-state index contributed by atoms with van der Waals surface area (Å²) in [5.41, 5.74) is -0.802. The molecule has 18 nitrogen and oxygen atoms in total. The van der Waals surface area contributed by atoms with E-state index in [2.05, 4.69) is 30.2 Å². The number of benzene rings is 5. The fourth-order valence-electron chi connectivity index (χ4n) is 7.83. The molecule has 0 atom stereocenters. The summed E-state index contributed by atoms with van der Waals surface area (Å²) in [5, 5.41) is 15.8. The number of thiazole rings is 3. The summed E-state index contributed by atoms with van der Waals surface area (Å²) in [6.07, 6.45) is 3.34. The number of imide groups is 1. The summed E-state index contributed by atoms with van der Waals surface area (Å²) in [6.45, 7) is 0.388. The number of nitrogens with one attached hydrogen (secondary N) is 3. The second kappa shape index (κ2) is 28.7. The Labute approximate surface area is 506 Å². The highest BCUT2D eigenvalue weighted by atomic mass is 35.5. The van der Waals surface area contributed by atoms with Crippen molar-refractivity contribution in [1.82, 2.24) is 40.2 Å². The van der Waals surface area contributed by atoms with E-state index in [9.17, 15) is 53.9 Å². The monoisotopic (exact) mass is 1310 g/mol. The molecule has 1 fully saturated rings. The van der Waals surface area contributed by atoms with Crippen LogP contribution in [0.2, 0.25) is 15.1 Å². The van der Waals surface area contributed by atoms with Crippen molar-refractivity contribution in [1.29, 1.82) is 0 Å². The van der Waals surface area contributed by atoms with Gasteiger partial charge in [0.05, 0.1) is 31.7 Å². The van der Waals surface area contributed by atoms with Crippen LogP contribution in [0.15, 0.2) is 85.1 Å². The molecule has 5 aromatic carbocycles. The molecule has 1 aliphatic rings. The molecule has 0 unspecified atom stereocenters. The second-order valence-electron chi connectivity index (χ2n) is 17.9. The molecule has 5 heterocycles. The smallest absolute Gasteiger partial charge is 0.270 e. The third kappa shape index (κ3) is 16.8. The van der Waals surface area contributed by atoms with Gasteiger partial charge in [0, 0.05) is 22.2 Å². The van der Waals surface area contributed by atoms with Crippen molar-refractivity contribution in [3.63, 3.8) is 0 Å². The minimum Gasteiger partial charge on any atom is -0.483 e. The number of hydrogen-bond acceptors (Lipinski definition) is 18. The van der Waals surface area contributed by atoms with Crippen LogP contribution in [0.4, 0.5) is 26.3 Å². The Morgan fingerprint density at radius 1 is 0.624 bits per heavy atom. The quantitative estimate of drug-likeness (QED) is 0.0424. The lowest BCUT2D eigenvalue weighted by Gasteiger charge is -2.27. The van der Waals surface area contributed by atoms with E-state index in [4.69, 9.17) is 54.1 Å². The molecule has 0 radical (unpaired) electrons. The number of carbonyl (C=O) groups excluding carboxylic acids is 4. The molecule has 448 valence electrons. The van der Waals surface area contributed by atoms with Crippen molar-refractivity contribution >= 4 is 133 Å². The van der Waals surface area contributed by atoms with E-state index in [-0.39, 0.29) is 44.7 Å². The SMILES string of the molecule is C.CN1CCC(C(=O)NC(=O)c2c(F)ccc(OCc3nc4cc(Cl)cnc4s3)c2F)CC1.CS(=O)(=O)NC(=O)c1c(F)ccc(OCc2nc3cc(Cl)ccc3s2)c1F.O=C(NCO)c1c(F)ccc(OCc2nc3cc(Cl)ccc3s2)c1F. The van der Waals surface area contributed by atoms with E-state index in [1.54, 1.807) is 36.4 Å². The van der Waals surface area contributed by atoms with Gasteiger partial charge in [-0.3, -0.25) is 24.5 Å². The Bertz CT molecular complexity index is 4100. The number of sulfonamides is 1. The first-order chi connectivity index (χ1) is 39.9. The van der Waals surface area contributed by atoms with Gasteiger partial charge >= 0.3 is 0 Å². The lowest BCUT2D eigenvalue weighted by atomic mass is 9.96. The number of likely N-dealkylation sites (tertiary alicyclic amines) is 1. The van der Waals surface area contributed by atoms with Gasteiger partial charge in [-0.1, -0.05) is 53.6 Å². The number of halogens is 9. The second-order valence-corrected chi connectivity index (χ2v) is 24.2. The van der Waals surface area contributed by atoms with E-state index in [1.807, 2.05) is 18.4 Å². The fraction of sp³-hybridized carbons (Fsp3) is 0.222. The molecule has 9 aromatic rings. The van der Waals surface area contributed by atoms with Gasteiger partial charge in [-0.15, -0.1) is 22.7 Å². The van der Waals surface area contributed by atoms with Gasteiger partial charge < -0.3 is 29.5 Å². The lowest BCUT2D eigenvalue weighted by Crippen LogP contribution is -2.41. The van der Waals surface area contributed by atoms with Gasteiger partial charge in [-0.25, -0.2) is 59.4 Å². The number of piperidine rings is 1. The highest BCUT2D eigenvalue weighted by Gasteiger charge is 2.29. The maximum absolute atomic E-state index is 14.9. The van der Waals surface area contributed by atoms with E-state index >= 15 is 0 Å². The van der Waals surface area contributed by atoms with Crippen molar-refractivity contribution in [2.45, 2.75) is 40.1 Å². The zero-order valence-electron chi connectivity index (χ0n) is 43.2. The minimum atomic E-state index is -3.98. The minimum absolute atomic E-state index is 0. The predicted octanol–water partition coefficient (Wildman–Crippen LogP) is 11.4. The molecular weight excluding hydrogens is 1270 g/mol. The molecule has 0 aliphatic carbocycles. The third-order valence-electron chi connectivity index (χ3n) is 11.8. The fourth-order valence-corrected chi connectivity index (χ4v) is 11.3. The number of rotatable bonds is 15. The van der Waals surface area contributed by atoms with E-state index < -0.39 is 97.7 Å². The molecule has 85 heavy (non-hydrogen) atoms. The standard InChI is InChI=1S/C21H19ClF2N4O3S.C16H11ClF2N2O4S2.C16H11ClF2N2O3S.CH4/c1-28-6-4-11(5-7-28)19(29)27-20(30)17-13(23)2-3-15(18(17)24)31-10-16-26-14-8-12(22)9-25-21(14)32-16;1-27(23,24)21-16(22)14-9(18)3-4-11(15(14)19)25-7-13-20-10-6-8(17)2-5-12(10)26-13;17-8-1-4-12-10(5-8)21-13(25-12)6-24-11-3-2-9(18)14(15(11)19)16(23)20-7-22;/h2-3,8-9,11H,4-7,10H2,1H3,(H,27,29,30);2-6H,7H2,1H3,(H,21,22);1-5,22H,6-7H2,(H,20,23);1H4. The van der Waals surface area contributed by atoms with Crippen LogP contribution in [0.5, 0.6) is 17.2 Å². The Hall–Kier alpha value is -7.28. The molecule has 1 aliphatic heterocycles. The Morgan fingerprint density at radius 2 is 1.05 bits per heavy atom. The highest BCUT2D eigenvalue weighted by Crippen LogP contribution is 2.32. The predicted molar refractivity (Wildman–Crippen MR) is 310 cm³/mol. The van der Waals surface area contributed by atoms with Crippen LogP contribution >= 0.6 is 68.8 Å². The van der Waals surface area contributed by atoms with Gasteiger partial charge in [0.2, 0.25) is 15.9 Å². The van der Waals surface area contributed by atoms with Crippen LogP contribution in [0, 0.1) is 40.8 Å². The zero-order valence-corrected chi connectivity index (χ0v) is 48.7. The average molecular weight is 1310 g/mol. The Balaban J connectivity index is 0.000000183. The summed E-state index contributed by atoms with van der Waals surface area (Å²) in [4.78, 5) is 68.1. The number of nitrogens with zero attached hydrogens (tertiary/aromatic N) is 5. The van der Waals surface area contributed by atoms with Crippen molar-refractivity contribution in [2.24, 2.45) is 5.92 Å². The average Bonchev–Trinajstić information content (AvgIpc) is 4.36. The molecule has 0 saturated carbocycles. The summed E-state index contributed by atoms with van der Waals surface area (Å²) < 4.78 is 127. The normalized spacial score (nSPS) is 12.6. The molecule has 0 spiro atoms. The maximum atomic E-state index is 14.9. The van der Waals surface area contributed by atoms with Crippen molar-refractivity contribution in [3.8, 4) is 17.2 Å². The number of amides is 4. The number of hydrogen-bond donors (Lipinski definition) is 4. The van der Waals surface area contributed by atoms with Crippen LogP contribution in [0.1, 0.15) is 66.4 Å². The Kier molecular flexibility index (Phi) is 22.1. The molecular formula is C54H45Cl3F6N8O10S4.